The fourth-order valence-corrected chi connectivity index (χ4v) is 3.83. The predicted molar refractivity (Wildman–Crippen MR) is 112 cm³/mol. The van der Waals surface area contributed by atoms with E-state index in [9.17, 15) is 13.2 Å². The summed E-state index contributed by atoms with van der Waals surface area (Å²) < 4.78 is 22.8. The number of benzene rings is 3. The minimum Gasteiger partial charge on any atom is -0.341 e. The highest BCUT2D eigenvalue weighted by molar-refractivity contribution is 7.89. The van der Waals surface area contributed by atoms with Crippen molar-refractivity contribution in [3.8, 4) is 0 Å². The Morgan fingerprint density at radius 1 is 0.857 bits per heavy atom. The monoisotopic (exact) mass is 393 g/mol. The van der Waals surface area contributed by atoms with E-state index in [1.165, 1.54) is 6.26 Å². The second kappa shape index (κ2) is 8.40. The number of carbonyl (C=O) groups is 1. The van der Waals surface area contributed by atoms with Gasteiger partial charge in [-0.3, -0.25) is 4.79 Å². The second-order valence-electron chi connectivity index (χ2n) is 6.99. The quantitative estimate of drug-likeness (QED) is 0.687. The van der Waals surface area contributed by atoms with Crippen LogP contribution in [0.1, 0.15) is 38.7 Å². The van der Waals surface area contributed by atoms with E-state index in [-0.39, 0.29) is 17.7 Å². The lowest BCUT2D eigenvalue weighted by Crippen LogP contribution is -2.29. The first-order valence-corrected chi connectivity index (χ1v) is 11.1. The summed E-state index contributed by atoms with van der Waals surface area (Å²) in [6, 6.07) is 24.3. The van der Waals surface area contributed by atoms with E-state index in [1.54, 1.807) is 24.3 Å². The van der Waals surface area contributed by atoms with Crippen molar-refractivity contribution in [3.05, 3.63) is 107 Å². The van der Waals surface area contributed by atoms with E-state index < -0.39 is 9.84 Å². The van der Waals surface area contributed by atoms with Gasteiger partial charge < -0.3 is 5.32 Å². The van der Waals surface area contributed by atoms with Gasteiger partial charge in [0.15, 0.2) is 9.84 Å². The molecule has 3 aromatic carbocycles. The molecule has 0 saturated heterocycles. The van der Waals surface area contributed by atoms with Crippen molar-refractivity contribution >= 4 is 15.7 Å². The number of hydrogen-bond donors (Lipinski definition) is 1. The Morgan fingerprint density at radius 3 is 2.00 bits per heavy atom. The van der Waals surface area contributed by atoms with Gasteiger partial charge in [0.2, 0.25) is 0 Å². The lowest BCUT2D eigenvalue weighted by Gasteiger charge is -2.20. The van der Waals surface area contributed by atoms with E-state index in [0.29, 0.717) is 11.1 Å². The molecule has 0 bridgehead atoms. The molecule has 5 heteroatoms. The summed E-state index contributed by atoms with van der Waals surface area (Å²) in [6.45, 7) is 2.03. The van der Waals surface area contributed by atoms with Gasteiger partial charge in [-0.05, 0) is 35.7 Å². The molecule has 28 heavy (non-hydrogen) atoms. The van der Waals surface area contributed by atoms with Crippen LogP contribution in [0.3, 0.4) is 0 Å². The SMILES string of the molecule is Cc1ccc(C(NC(=O)c2ccc(CS(C)(=O)=O)cc2)c2ccccc2)cc1. The third-order valence-electron chi connectivity index (χ3n) is 4.46. The number of amides is 1. The number of hydrogen-bond acceptors (Lipinski definition) is 3. The predicted octanol–water partition coefficient (Wildman–Crippen LogP) is 4.06. The van der Waals surface area contributed by atoms with Crippen molar-refractivity contribution in [1.29, 1.82) is 0 Å². The zero-order chi connectivity index (χ0) is 20.1. The third kappa shape index (κ3) is 5.30. The molecule has 3 aromatic rings. The van der Waals surface area contributed by atoms with Crippen molar-refractivity contribution in [1.82, 2.24) is 5.32 Å². The van der Waals surface area contributed by atoms with Crippen LogP contribution in [-0.2, 0) is 15.6 Å². The van der Waals surface area contributed by atoms with Crippen LogP contribution in [0.25, 0.3) is 0 Å². The van der Waals surface area contributed by atoms with Crippen LogP contribution < -0.4 is 5.32 Å². The second-order valence-corrected chi connectivity index (χ2v) is 9.14. The van der Waals surface area contributed by atoms with Gasteiger partial charge in [0.25, 0.3) is 5.91 Å². The Morgan fingerprint density at radius 2 is 1.43 bits per heavy atom. The van der Waals surface area contributed by atoms with Gasteiger partial charge >= 0.3 is 0 Å². The molecule has 0 heterocycles. The molecular weight excluding hydrogens is 370 g/mol. The molecule has 0 radical (unpaired) electrons. The molecule has 4 nitrogen and oxygen atoms in total. The van der Waals surface area contributed by atoms with E-state index >= 15 is 0 Å². The first kappa shape index (κ1) is 19.8. The Labute approximate surface area is 166 Å². The maximum Gasteiger partial charge on any atom is 0.252 e. The maximum atomic E-state index is 12.8. The van der Waals surface area contributed by atoms with E-state index in [1.807, 2.05) is 61.5 Å². The van der Waals surface area contributed by atoms with Gasteiger partial charge in [0.1, 0.15) is 0 Å². The molecule has 0 saturated carbocycles. The van der Waals surface area contributed by atoms with Crippen molar-refractivity contribution < 1.29 is 13.2 Å². The first-order valence-electron chi connectivity index (χ1n) is 9.01. The molecule has 0 aromatic heterocycles. The zero-order valence-electron chi connectivity index (χ0n) is 15.9. The number of carbonyl (C=O) groups excluding carboxylic acids is 1. The third-order valence-corrected chi connectivity index (χ3v) is 5.32. The van der Waals surface area contributed by atoms with Gasteiger partial charge in [0, 0.05) is 11.8 Å². The van der Waals surface area contributed by atoms with E-state index in [4.69, 9.17) is 0 Å². The summed E-state index contributed by atoms with van der Waals surface area (Å²) in [5, 5.41) is 3.10. The maximum absolute atomic E-state index is 12.8. The van der Waals surface area contributed by atoms with Crippen LogP contribution in [-0.4, -0.2) is 20.6 Å². The fraction of sp³-hybridized carbons (Fsp3) is 0.174. The Bertz CT molecular complexity index is 1040. The van der Waals surface area contributed by atoms with Crippen molar-refractivity contribution in [3.63, 3.8) is 0 Å². The topological polar surface area (TPSA) is 63.2 Å². The lowest BCUT2D eigenvalue weighted by molar-refractivity contribution is 0.0943. The fourth-order valence-electron chi connectivity index (χ4n) is 3.03. The molecule has 0 aliphatic rings. The molecule has 0 aliphatic carbocycles. The van der Waals surface area contributed by atoms with Crippen LogP contribution in [0, 0.1) is 6.92 Å². The van der Waals surface area contributed by atoms with Crippen LogP contribution in [0.5, 0.6) is 0 Å². The summed E-state index contributed by atoms with van der Waals surface area (Å²) in [5.41, 5.74) is 4.30. The molecule has 0 aliphatic heterocycles. The van der Waals surface area contributed by atoms with Gasteiger partial charge in [-0.1, -0.05) is 72.3 Å². The van der Waals surface area contributed by atoms with Gasteiger partial charge in [-0.25, -0.2) is 8.42 Å². The van der Waals surface area contributed by atoms with Crippen molar-refractivity contribution in [2.24, 2.45) is 0 Å². The largest absolute Gasteiger partial charge is 0.341 e. The van der Waals surface area contributed by atoms with Gasteiger partial charge in [-0.2, -0.15) is 0 Å². The lowest BCUT2D eigenvalue weighted by atomic mass is 9.97. The summed E-state index contributed by atoms with van der Waals surface area (Å²) in [6.07, 6.45) is 1.19. The molecule has 1 amide bonds. The Kier molecular flexibility index (Phi) is 5.95. The van der Waals surface area contributed by atoms with Gasteiger partial charge in [-0.15, -0.1) is 0 Å². The average molecular weight is 394 g/mol. The van der Waals surface area contributed by atoms with Crippen molar-refractivity contribution in [2.45, 2.75) is 18.7 Å². The molecule has 0 spiro atoms. The highest BCUT2D eigenvalue weighted by Crippen LogP contribution is 2.23. The number of nitrogens with one attached hydrogen (secondary N) is 1. The van der Waals surface area contributed by atoms with Crippen LogP contribution in [0.2, 0.25) is 0 Å². The number of aryl methyl sites for hydroxylation is 1. The highest BCUT2D eigenvalue weighted by Gasteiger charge is 2.18. The van der Waals surface area contributed by atoms with E-state index in [2.05, 4.69) is 5.32 Å². The smallest absolute Gasteiger partial charge is 0.252 e. The molecule has 1 unspecified atom stereocenters. The summed E-state index contributed by atoms with van der Waals surface area (Å²) >= 11 is 0. The molecular formula is C23H23NO3S. The Balaban J connectivity index is 1.84. The minimum atomic E-state index is -3.11. The molecule has 3 rings (SSSR count). The summed E-state index contributed by atoms with van der Waals surface area (Å²) in [7, 11) is -3.11. The summed E-state index contributed by atoms with van der Waals surface area (Å²) in [5.74, 6) is -0.245. The van der Waals surface area contributed by atoms with E-state index in [0.717, 1.165) is 16.7 Å². The number of sulfone groups is 1. The summed E-state index contributed by atoms with van der Waals surface area (Å²) in [4.78, 5) is 12.8. The van der Waals surface area contributed by atoms with Crippen LogP contribution in [0.4, 0.5) is 0 Å². The standard InChI is InChI=1S/C23H23NO3S/c1-17-8-12-20(13-9-17)22(19-6-4-3-5-7-19)24-23(25)21-14-10-18(11-15-21)16-28(2,26)27/h3-15,22H,16H2,1-2H3,(H,24,25). The average Bonchev–Trinajstić information content (AvgIpc) is 2.67. The van der Waals surface area contributed by atoms with Crippen LogP contribution >= 0.6 is 0 Å². The van der Waals surface area contributed by atoms with Crippen molar-refractivity contribution in [2.75, 3.05) is 6.26 Å². The highest BCUT2D eigenvalue weighted by atomic mass is 32.2. The first-order chi connectivity index (χ1) is 13.3. The molecule has 0 fully saturated rings. The molecule has 144 valence electrons. The minimum absolute atomic E-state index is 0.0368. The normalized spacial score (nSPS) is 12.4. The number of rotatable bonds is 6. The van der Waals surface area contributed by atoms with Gasteiger partial charge in [0.05, 0.1) is 11.8 Å². The molecule has 1 N–H and O–H groups in total. The zero-order valence-corrected chi connectivity index (χ0v) is 16.7. The molecule has 1 atom stereocenters. The van der Waals surface area contributed by atoms with Crippen LogP contribution in [0.15, 0.2) is 78.9 Å². The Hall–Kier alpha value is -2.92.